The maximum atomic E-state index is 13.3. The average Bonchev–Trinajstić information content (AvgIpc) is 3.48. The lowest BCUT2D eigenvalue weighted by Gasteiger charge is -2.46. The number of aliphatic hydroxyl groups excluding tert-OH is 8. The van der Waals surface area contributed by atoms with Crippen molar-refractivity contribution in [1.29, 1.82) is 0 Å². The second kappa shape index (κ2) is 50.5. The first kappa shape index (κ1) is 73.1. The Morgan fingerprint density at radius 3 is 1.09 bits per heavy atom. The average molecular weight is 1120 g/mol. The van der Waals surface area contributed by atoms with Crippen LogP contribution in [0.1, 0.15) is 309 Å². The second-order valence-corrected chi connectivity index (χ2v) is 24.0. The van der Waals surface area contributed by atoms with Crippen LogP contribution in [0.5, 0.6) is 0 Å². The van der Waals surface area contributed by atoms with Crippen molar-refractivity contribution in [3.63, 3.8) is 0 Å². The molecule has 2 heterocycles. The number of carbonyl (C=O) groups is 1. The molecule has 0 aliphatic carbocycles. The molecule has 0 spiro atoms. The summed E-state index contributed by atoms with van der Waals surface area (Å²) in [4.78, 5) is 13.3. The van der Waals surface area contributed by atoms with Crippen molar-refractivity contribution in [2.75, 3.05) is 19.8 Å². The largest absolute Gasteiger partial charge is 0.394 e. The van der Waals surface area contributed by atoms with Crippen molar-refractivity contribution in [2.24, 2.45) is 0 Å². The predicted octanol–water partition coefficient (Wildman–Crippen LogP) is 12.5. The van der Waals surface area contributed by atoms with Crippen LogP contribution in [0.3, 0.4) is 0 Å². The van der Waals surface area contributed by atoms with Gasteiger partial charge in [-0.15, -0.1) is 0 Å². The molecule has 0 bridgehead atoms. The molecule has 2 rings (SSSR count). The summed E-state index contributed by atoms with van der Waals surface area (Å²) < 4.78 is 22.9. The highest BCUT2D eigenvalue weighted by molar-refractivity contribution is 5.76. The summed E-state index contributed by atoms with van der Waals surface area (Å²) in [6, 6.07) is -0.823. The highest BCUT2D eigenvalue weighted by atomic mass is 16.7. The van der Waals surface area contributed by atoms with Gasteiger partial charge in [0.2, 0.25) is 5.91 Å². The maximum Gasteiger partial charge on any atom is 0.220 e. The van der Waals surface area contributed by atoms with Crippen molar-refractivity contribution in [2.45, 2.75) is 383 Å². The zero-order valence-corrected chi connectivity index (χ0v) is 50.2. The summed E-state index contributed by atoms with van der Waals surface area (Å²) in [7, 11) is 0. The lowest BCUT2D eigenvalue weighted by molar-refractivity contribution is -0.359. The van der Waals surface area contributed by atoms with Crippen LogP contribution >= 0.6 is 0 Å². The molecule has 2 fully saturated rings. The fraction of sp³-hybridized carbons (Fsp3) is 0.984. The summed E-state index contributed by atoms with van der Waals surface area (Å²) in [6.07, 6.45) is 41.3. The molecule has 1 amide bonds. The Hall–Kier alpha value is -1.01. The van der Waals surface area contributed by atoms with E-state index in [2.05, 4.69) is 19.2 Å². The molecule has 0 aromatic heterocycles. The van der Waals surface area contributed by atoms with Crippen molar-refractivity contribution in [3.05, 3.63) is 0 Å². The Labute approximate surface area is 476 Å². The van der Waals surface area contributed by atoms with E-state index in [1.54, 1.807) is 0 Å². The van der Waals surface area contributed by atoms with E-state index in [0.717, 1.165) is 51.4 Å². The van der Waals surface area contributed by atoms with Crippen LogP contribution < -0.4 is 5.32 Å². The standard InChI is InChI=1S/C64H125NO13/c1-3-5-7-9-11-13-15-17-19-20-21-22-23-24-25-26-27-28-29-30-31-32-33-34-35-37-39-41-43-45-47-53(68)52(65-56(69)48-46-44-42-40-38-36-18-16-14-12-10-8-6-4-2)51-75-63-61(74)59(72)62(55(50-67)77-63)78-64-60(73)58(71)57(70)54(49-66)76-64/h52-55,57-64,66-68,70-74H,3-51H2,1-2H3,(H,65,69). The molecule has 14 nitrogen and oxygen atoms in total. The zero-order chi connectivity index (χ0) is 56.7. The van der Waals surface area contributed by atoms with Crippen molar-refractivity contribution < 1.29 is 64.6 Å². The summed E-state index contributed by atoms with van der Waals surface area (Å²) in [5, 5.41) is 87.4. The van der Waals surface area contributed by atoms with E-state index in [-0.39, 0.29) is 12.5 Å². The first-order valence-corrected chi connectivity index (χ1v) is 33.3. The number of aliphatic hydroxyl groups is 8. The van der Waals surface area contributed by atoms with Crippen molar-refractivity contribution >= 4 is 5.91 Å². The Morgan fingerprint density at radius 1 is 0.410 bits per heavy atom. The molecular weight excluding hydrogens is 991 g/mol. The molecule has 12 atom stereocenters. The minimum absolute atomic E-state index is 0.200. The van der Waals surface area contributed by atoms with Gasteiger partial charge in [0, 0.05) is 6.42 Å². The van der Waals surface area contributed by atoms with Gasteiger partial charge in [0.15, 0.2) is 12.6 Å². The number of hydrogen-bond acceptors (Lipinski definition) is 13. The molecule has 0 aromatic rings. The third-order valence-corrected chi connectivity index (χ3v) is 16.8. The Morgan fingerprint density at radius 2 is 0.731 bits per heavy atom. The summed E-state index contributed by atoms with van der Waals surface area (Å²) in [5.74, 6) is -0.200. The number of ether oxygens (including phenoxy) is 4. The van der Waals surface area contributed by atoms with Gasteiger partial charge in [-0.3, -0.25) is 4.79 Å². The van der Waals surface area contributed by atoms with E-state index in [4.69, 9.17) is 18.9 Å². The molecule has 12 unspecified atom stereocenters. The number of unbranched alkanes of at least 4 members (excludes halogenated alkanes) is 42. The first-order valence-electron chi connectivity index (χ1n) is 33.3. The van der Waals surface area contributed by atoms with Crippen LogP contribution in [0, 0.1) is 0 Å². The van der Waals surface area contributed by atoms with E-state index in [1.807, 2.05) is 0 Å². The van der Waals surface area contributed by atoms with E-state index < -0.39 is 86.8 Å². The van der Waals surface area contributed by atoms with Crippen LogP contribution in [0.4, 0.5) is 0 Å². The molecule has 2 saturated heterocycles. The maximum absolute atomic E-state index is 13.3. The normalized spacial score (nSPS) is 24.4. The monoisotopic (exact) mass is 1120 g/mol. The van der Waals surface area contributed by atoms with Gasteiger partial charge in [-0.05, 0) is 12.8 Å². The molecule has 464 valence electrons. The molecule has 0 radical (unpaired) electrons. The summed E-state index contributed by atoms with van der Waals surface area (Å²) in [5.41, 5.74) is 0. The molecule has 78 heavy (non-hydrogen) atoms. The fourth-order valence-corrected chi connectivity index (χ4v) is 11.5. The molecule has 2 aliphatic heterocycles. The molecule has 14 heteroatoms. The van der Waals surface area contributed by atoms with Gasteiger partial charge in [-0.2, -0.15) is 0 Å². The minimum atomic E-state index is -1.78. The lowest BCUT2D eigenvalue weighted by Crippen LogP contribution is -2.65. The molecule has 0 aromatic carbocycles. The van der Waals surface area contributed by atoms with Crippen LogP contribution in [0.15, 0.2) is 0 Å². The van der Waals surface area contributed by atoms with Gasteiger partial charge in [0.25, 0.3) is 0 Å². The van der Waals surface area contributed by atoms with Crippen LogP contribution in [-0.4, -0.2) is 140 Å². The Balaban J connectivity index is 1.64. The predicted molar refractivity (Wildman–Crippen MR) is 314 cm³/mol. The Kier molecular flexibility index (Phi) is 47.3. The second-order valence-electron chi connectivity index (χ2n) is 24.0. The lowest BCUT2D eigenvalue weighted by atomic mass is 9.97. The number of amides is 1. The molecule has 0 saturated carbocycles. The number of hydrogen-bond donors (Lipinski definition) is 9. The smallest absolute Gasteiger partial charge is 0.220 e. The van der Waals surface area contributed by atoms with E-state index >= 15 is 0 Å². The van der Waals surface area contributed by atoms with Crippen LogP contribution in [0.2, 0.25) is 0 Å². The third-order valence-electron chi connectivity index (χ3n) is 16.8. The van der Waals surface area contributed by atoms with Gasteiger partial charge in [0.05, 0.1) is 32.0 Å². The van der Waals surface area contributed by atoms with Crippen molar-refractivity contribution in [1.82, 2.24) is 5.32 Å². The SMILES string of the molecule is CCCCCCCCCCCCCCCCCCCCCCCCCCCCCCCCC(O)C(COC1OC(CO)C(OC2OC(CO)C(O)C(O)C2O)C(O)C1O)NC(=O)CCCCCCCCCCCCCCCC. The van der Waals surface area contributed by atoms with Gasteiger partial charge in [0.1, 0.15) is 48.8 Å². The van der Waals surface area contributed by atoms with E-state index in [0.29, 0.717) is 12.8 Å². The van der Waals surface area contributed by atoms with Crippen LogP contribution in [-0.2, 0) is 23.7 Å². The quantitative estimate of drug-likeness (QED) is 0.0259. The highest BCUT2D eigenvalue weighted by Gasteiger charge is 2.51. The van der Waals surface area contributed by atoms with E-state index in [9.17, 15) is 45.6 Å². The molecular formula is C64H125NO13. The van der Waals surface area contributed by atoms with Gasteiger partial charge < -0.3 is 65.1 Å². The van der Waals surface area contributed by atoms with Gasteiger partial charge in [-0.1, -0.05) is 290 Å². The molecule has 2 aliphatic rings. The third kappa shape index (κ3) is 35.2. The summed E-state index contributed by atoms with van der Waals surface area (Å²) >= 11 is 0. The van der Waals surface area contributed by atoms with Gasteiger partial charge in [-0.25, -0.2) is 0 Å². The topological polar surface area (TPSA) is 228 Å². The fourth-order valence-electron chi connectivity index (χ4n) is 11.5. The van der Waals surface area contributed by atoms with Crippen molar-refractivity contribution in [3.8, 4) is 0 Å². The summed E-state index contributed by atoms with van der Waals surface area (Å²) in [6.45, 7) is 2.91. The molecule has 9 N–H and O–H groups in total. The zero-order valence-electron chi connectivity index (χ0n) is 50.2. The van der Waals surface area contributed by atoms with Gasteiger partial charge >= 0.3 is 0 Å². The number of rotatable bonds is 55. The first-order chi connectivity index (χ1) is 38.1. The van der Waals surface area contributed by atoms with Crippen LogP contribution in [0.25, 0.3) is 0 Å². The number of nitrogens with one attached hydrogen (secondary N) is 1. The number of carbonyl (C=O) groups excluding carboxylic acids is 1. The minimum Gasteiger partial charge on any atom is -0.394 e. The van der Waals surface area contributed by atoms with E-state index in [1.165, 1.54) is 231 Å². The Bertz CT molecular complexity index is 1310. The highest BCUT2D eigenvalue weighted by Crippen LogP contribution is 2.30.